The van der Waals surface area contributed by atoms with Gasteiger partial charge in [0, 0.05) is 50.9 Å². The van der Waals surface area contributed by atoms with Crippen molar-refractivity contribution in [3.05, 3.63) is 0 Å². The van der Waals surface area contributed by atoms with Crippen molar-refractivity contribution in [3.8, 4) is 0 Å². The molecule has 0 bridgehead atoms. The van der Waals surface area contributed by atoms with Crippen LogP contribution < -0.4 is 0 Å². The van der Waals surface area contributed by atoms with E-state index in [2.05, 4.69) is 41.5 Å². The monoisotopic (exact) mass is 1150 g/mol. The van der Waals surface area contributed by atoms with Crippen LogP contribution in [0.4, 0.5) is 0 Å². The quantitative estimate of drug-likeness (QED) is 0.0517. The first kappa shape index (κ1) is 86.0. The van der Waals surface area contributed by atoms with Crippen LogP contribution in [0, 0.1) is 11.8 Å². The SMILES string of the molecule is CCC(=O)CCCCCCCCCCCCCCCC(C)C.CCCCCCC(CCCC)C(=O)CC.CCCCCCC(O)CCCCCCCCCCC(=O)CC.CCCCCCCC(O)C(O)CCCCCCCC(=O)CC. The molecule has 0 aliphatic carbocycles. The average Bonchev–Trinajstić information content (AvgIpc) is 3.46. The fraction of sp³-hybridized carbons (Fsp3) is 0.946. The van der Waals surface area contributed by atoms with Crippen molar-refractivity contribution < 1.29 is 34.5 Å². The second kappa shape index (κ2) is 72.8. The molecule has 0 saturated carbocycles. The lowest BCUT2D eigenvalue weighted by atomic mass is 9.90. The van der Waals surface area contributed by atoms with Crippen LogP contribution in [0.25, 0.3) is 0 Å². The maximum absolute atomic E-state index is 11.7. The van der Waals surface area contributed by atoms with Gasteiger partial charge in [-0.25, -0.2) is 0 Å². The Balaban J connectivity index is -0.000000493. The second-order valence-corrected chi connectivity index (χ2v) is 25.2. The number of carbonyl (C=O) groups is 4. The minimum absolute atomic E-state index is 0.0621. The molecule has 0 spiro atoms. The number of carbonyl (C=O) groups excluding carboxylic acids is 4. The summed E-state index contributed by atoms with van der Waals surface area (Å²) in [6.45, 7) is 21.3. The molecule has 0 rings (SSSR count). The van der Waals surface area contributed by atoms with Gasteiger partial charge in [0.2, 0.25) is 0 Å². The van der Waals surface area contributed by atoms with E-state index in [4.69, 9.17) is 0 Å². The van der Waals surface area contributed by atoms with Crippen molar-refractivity contribution in [2.45, 2.75) is 441 Å². The Labute approximate surface area is 507 Å². The van der Waals surface area contributed by atoms with Crippen LogP contribution in [0.2, 0.25) is 0 Å². The average molecular weight is 1150 g/mol. The molecule has 0 aromatic rings. The Morgan fingerprint density at radius 3 is 0.778 bits per heavy atom. The van der Waals surface area contributed by atoms with Crippen molar-refractivity contribution in [3.63, 3.8) is 0 Å². The molecular formula is C74H148O7. The largest absolute Gasteiger partial charge is 0.393 e. The molecule has 0 amide bonds. The molecule has 0 aliphatic heterocycles. The number of unbranched alkanes of at least 4 members (excludes halogenated alkanes) is 34. The highest BCUT2D eigenvalue weighted by atomic mass is 16.3. The third kappa shape index (κ3) is 74.6. The van der Waals surface area contributed by atoms with Crippen LogP contribution >= 0.6 is 0 Å². The van der Waals surface area contributed by atoms with Gasteiger partial charge in [-0.15, -0.1) is 0 Å². The van der Waals surface area contributed by atoms with Gasteiger partial charge < -0.3 is 15.3 Å². The fourth-order valence-corrected chi connectivity index (χ4v) is 10.6. The maximum atomic E-state index is 11.7. The minimum Gasteiger partial charge on any atom is -0.393 e. The van der Waals surface area contributed by atoms with Gasteiger partial charge in [-0.1, -0.05) is 320 Å². The smallest absolute Gasteiger partial charge is 0.135 e. The molecule has 81 heavy (non-hydrogen) atoms. The summed E-state index contributed by atoms with van der Waals surface area (Å²) in [5, 5.41) is 29.7. The van der Waals surface area contributed by atoms with Gasteiger partial charge in [0.1, 0.15) is 23.1 Å². The van der Waals surface area contributed by atoms with Crippen LogP contribution in [-0.2, 0) is 19.2 Å². The predicted octanol–water partition coefficient (Wildman–Crippen LogP) is 23.2. The van der Waals surface area contributed by atoms with E-state index >= 15 is 0 Å². The third-order valence-corrected chi connectivity index (χ3v) is 16.7. The lowest BCUT2D eigenvalue weighted by molar-refractivity contribution is -0.123. The molecule has 0 aromatic carbocycles. The molecule has 4 atom stereocenters. The van der Waals surface area contributed by atoms with Crippen LogP contribution in [0.5, 0.6) is 0 Å². The highest BCUT2D eigenvalue weighted by Gasteiger charge is 2.16. The van der Waals surface area contributed by atoms with Gasteiger partial charge >= 0.3 is 0 Å². The molecule has 7 heteroatoms. The van der Waals surface area contributed by atoms with Crippen molar-refractivity contribution in [1.29, 1.82) is 0 Å². The Hall–Kier alpha value is -1.44. The van der Waals surface area contributed by atoms with Crippen LogP contribution in [0.15, 0.2) is 0 Å². The normalized spacial score (nSPS) is 12.6. The lowest BCUT2D eigenvalue weighted by Crippen LogP contribution is -2.25. The number of Topliss-reactive ketones (excluding diaryl/α,β-unsaturated/α-hetero) is 4. The third-order valence-electron chi connectivity index (χ3n) is 16.7. The second-order valence-electron chi connectivity index (χ2n) is 25.2. The van der Waals surface area contributed by atoms with Gasteiger partial charge in [-0.2, -0.15) is 0 Å². The summed E-state index contributed by atoms with van der Waals surface area (Å²) >= 11 is 0. The summed E-state index contributed by atoms with van der Waals surface area (Å²) in [4.78, 5) is 45.1. The Morgan fingerprint density at radius 2 is 0.494 bits per heavy atom. The first-order valence-corrected chi connectivity index (χ1v) is 36.4. The van der Waals surface area contributed by atoms with Crippen LogP contribution in [0.1, 0.15) is 422 Å². The predicted molar refractivity (Wildman–Crippen MR) is 356 cm³/mol. The molecule has 0 fully saturated rings. The summed E-state index contributed by atoms with van der Waals surface area (Å²) in [6.07, 6.45) is 62.7. The topological polar surface area (TPSA) is 129 Å². The molecule has 486 valence electrons. The summed E-state index contributed by atoms with van der Waals surface area (Å²) in [5.74, 6) is 2.94. The lowest BCUT2D eigenvalue weighted by Gasteiger charge is -2.17. The number of hydrogen-bond donors (Lipinski definition) is 3. The van der Waals surface area contributed by atoms with E-state index in [-0.39, 0.29) is 6.10 Å². The Bertz CT molecular complexity index is 1250. The van der Waals surface area contributed by atoms with Crippen molar-refractivity contribution in [2.75, 3.05) is 0 Å². The number of hydrogen-bond acceptors (Lipinski definition) is 7. The van der Waals surface area contributed by atoms with E-state index in [0.717, 1.165) is 128 Å². The standard InChI is InChI=1S/C21H42O.C20H40O2.C19H38O3.C14H28O/c1-4-21(22)19-17-15-13-11-9-7-5-6-8-10-12-14-16-18-20(2)3;1-3-5-6-13-17-20(22)18-15-12-10-8-7-9-11-14-16-19(21)4-2;1-3-5-6-8-12-15-18(21)19(22)16-13-10-7-9-11-14-17(20)4-2;1-4-7-9-10-12-13(11-8-5-2)14(15)6-3/h20H,4-19H2,1-3H3;20,22H,3-18H2,1-2H3;18-19,21-22H,3-16H2,1-2H3;13H,4-12H2,1-3H3. The molecule has 0 aliphatic rings. The highest BCUT2D eigenvalue weighted by molar-refractivity contribution is 5.80. The number of aliphatic hydroxyl groups is 3. The highest BCUT2D eigenvalue weighted by Crippen LogP contribution is 2.21. The number of ketones is 4. The molecule has 0 saturated heterocycles. The Kier molecular flexibility index (Phi) is 77.3. The zero-order chi connectivity index (χ0) is 61.1. The van der Waals surface area contributed by atoms with E-state index in [1.165, 1.54) is 212 Å². The zero-order valence-electron chi connectivity index (χ0n) is 56.8. The van der Waals surface area contributed by atoms with Crippen molar-refractivity contribution in [2.24, 2.45) is 11.8 Å². The Morgan fingerprint density at radius 1 is 0.259 bits per heavy atom. The van der Waals surface area contributed by atoms with Crippen LogP contribution in [-0.4, -0.2) is 56.8 Å². The van der Waals surface area contributed by atoms with Crippen molar-refractivity contribution >= 4 is 23.1 Å². The molecule has 7 nitrogen and oxygen atoms in total. The maximum Gasteiger partial charge on any atom is 0.135 e. The first-order valence-electron chi connectivity index (χ1n) is 36.4. The summed E-state index contributed by atoms with van der Waals surface area (Å²) < 4.78 is 0. The number of aliphatic hydroxyl groups excluding tert-OH is 3. The molecule has 0 aromatic heterocycles. The molecule has 0 heterocycles. The zero-order valence-corrected chi connectivity index (χ0v) is 56.8. The van der Waals surface area contributed by atoms with E-state index < -0.39 is 12.2 Å². The van der Waals surface area contributed by atoms with Gasteiger partial charge in [0.25, 0.3) is 0 Å². The van der Waals surface area contributed by atoms with E-state index in [0.29, 0.717) is 48.3 Å². The minimum atomic E-state index is -0.562. The first-order chi connectivity index (χ1) is 39.2. The molecule has 4 unspecified atom stereocenters. The van der Waals surface area contributed by atoms with Gasteiger partial charge in [0.05, 0.1) is 18.3 Å². The fourth-order valence-electron chi connectivity index (χ4n) is 10.6. The van der Waals surface area contributed by atoms with Gasteiger partial charge in [-0.3, -0.25) is 19.2 Å². The van der Waals surface area contributed by atoms with E-state index in [9.17, 15) is 34.5 Å². The summed E-state index contributed by atoms with van der Waals surface area (Å²) in [7, 11) is 0. The number of rotatable bonds is 60. The van der Waals surface area contributed by atoms with Gasteiger partial charge in [0.15, 0.2) is 0 Å². The molecule has 0 radical (unpaired) electrons. The molecular weight excluding hydrogens is 1000 g/mol. The van der Waals surface area contributed by atoms with E-state index in [1.54, 1.807) is 0 Å². The summed E-state index contributed by atoms with van der Waals surface area (Å²) in [6, 6.07) is 0. The summed E-state index contributed by atoms with van der Waals surface area (Å²) in [5.41, 5.74) is 0. The van der Waals surface area contributed by atoms with Crippen molar-refractivity contribution in [1.82, 2.24) is 0 Å². The van der Waals surface area contributed by atoms with Crippen LogP contribution in [0.3, 0.4) is 0 Å². The van der Waals surface area contributed by atoms with Gasteiger partial charge in [-0.05, 0) is 63.7 Å². The van der Waals surface area contributed by atoms with E-state index in [1.807, 2.05) is 27.7 Å². The molecule has 3 N–H and O–H groups in total.